The van der Waals surface area contributed by atoms with Gasteiger partial charge < -0.3 is 14.8 Å². The molecule has 1 atom stereocenters. The Hall–Kier alpha value is -2.48. The largest absolute Gasteiger partial charge is 0.493 e. The Morgan fingerprint density at radius 2 is 1.97 bits per heavy atom. The molecule has 29 heavy (non-hydrogen) atoms. The van der Waals surface area contributed by atoms with Gasteiger partial charge in [0, 0.05) is 25.4 Å². The van der Waals surface area contributed by atoms with E-state index in [9.17, 15) is 9.59 Å². The van der Waals surface area contributed by atoms with E-state index in [1.807, 2.05) is 25.1 Å². The molecule has 0 radical (unpaired) electrons. The van der Waals surface area contributed by atoms with Crippen LogP contribution in [0.3, 0.4) is 0 Å². The number of hydrogen-bond acceptors (Lipinski definition) is 6. The van der Waals surface area contributed by atoms with Crippen molar-refractivity contribution in [3.05, 3.63) is 45.9 Å². The summed E-state index contributed by atoms with van der Waals surface area (Å²) in [6, 6.07) is 7.21. The van der Waals surface area contributed by atoms with E-state index in [0.717, 1.165) is 12.0 Å². The van der Waals surface area contributed by atoms with Crippen LogP contribution in [0.5, 0.6) is 11.5 Å². The van der Waals surface area contributed by atoms with Crippen LogP contribution in [0.4, 0.5) is 0 Å². The molecular weight excluding hydrogens is 390 g/mol. The predicted octanol–water partition coefficient (Wildman–Crippen LogP) is 2.73. The van der Waals surface area contributed by atoms with Crippen LogP contribution in [-0.2, 0) is 18.3 Å². The zero-order chi connectivity index (χ0) is 21.4. The van der Waals surface area contributed by atoms with E-state index < -0.39 is 0 Å². The third-order valence-corrected chi connectivity index (χ3v) is 5.78. The lowest BCUT2D eigenvalue weighted by atomic mass is 10.1. The van der Waals surface area contributed by atoms with E-state index in [2.05, 4.69) is 10.3 Å². The number of carbonyl (C=O) groups is 1. The highest BCUT2D eigenvalue weighted by molar-refractivity contribution is 8.00. The summed E-state index contributed by atoms with van der Waals surface area (Å²) in [6.45, 7) is 4.33. The Morgan fingerprint density at radius 1 is 1.24 bits per heavy atom. The first-order valence-corrected chi connectivity index (χ1v) is 10.5. The van der Waals surface area contributed by atoms with Crippen molar-refractivity contribution in [2.75, 3.05) is 20.8 Å². The SMILES string of the molecule is CCCC(Sc1nc(C)cc(=O)n1C)C(=O)NCCc1ccc(OC)c(OC)c1. The third kappa shape index (κ3) is 6.25. The van der Waals surface area contributed by atoms with E-state index in [1.165, 1.54) is 22.4 Å². The molecule has 8 heteroatoms. The fourth-order valence-corrected chi connectivity index (χ4v) is 4.09. The summed E-state index contributed by atoms with van der Waals surface area (Å²) in [7, 11) is 4.87. The Morgan fingerprint density at radius 3 is 2.62 bits per heavy atom. The first-order chi connectivity index (χ1) is 13.9. The van der Waals surface area contributed by atoms with E-state index in [4.69, 9.17) is 9.47 Å². The molecule has 1 aromatic carbocycles. The number of nitrogens with one attached hydrogen (secondary N) is 1. The molecule has 1 N–H and O–H groups in total. The smallest absolute Gasteiger partial charge is 0.254 e. The maximum atomic E-state index is 12.7. The van der Waals surface area contributed by atoms with Crippen molar-refractivity contribution in [3.63, 3.8) is 0 Å². The standard InChI is InChI=1S/C21H29N3O4S/c1-6-7-18(29-21-23-14(2)12-19(25)24(21)3)20(26)22-11-10-15-8-9-16(27-4)17(13-15)28-5/h8-9,12-13,18H,6-7,10-11H2,1-5H3,(H,22,26). The molecule has 0 spiro atoms. The van der Waals surface area contributed by atoms with Gasteiger partial charge in [-0.1, -0.05) is 31.2 Å². The first kappa shape index (κ1) is 22.8. The number of ether oxygens (including phenoxy) is 2. The van der Waals surface area contributed by atoms with Gasteiger partial charge in [-0.25, -0.2) is 4.98 Å². The normalized spacial score (nSPS) is 11.8. The van der Waals surface area contributed by atoms with Gasteiger partial charge in [-0.15, -0.1) is 0 Å². The summed E-state index contributed by atoms with van der Waals surface area (Å²) in [5.41, 5.74) is 1.58. The van der Waals surface area contributed by atoms with Gasteiger partial charge in [-0.2, -0.15) is 0 Å². The summed E-state index contributed by atoms with van der Waals surface area (Å²) in [6.07, 6.45) is 2.24. The van der Waals surface area contributed by atoms with Crippen molar-refractivity contribution in [1.29, 1.82) is 0 Å². The maximum absolute atomic E-state index is 12.7. The second-order valence-corrected chi connectivity index (χ2v) is 7.87. The van der Waals surface area contributed by atoms with Crippen molar-refractivity contribution in [3.8, 4) is 11.5 Å². The average Bonchev–Trinajstić information content (AvgIpc) is 2.70. The van der Waals surface area contributed by atoms with Gasteiger partial charge in [0.1, 0.15) is 0 Å². The molecule has 2 aromatic rings. The second-order valence-electron chi connectivity index (χ2n) is 6.70. The lowest BCUT2D eigenvalue weighted by molar-refractivity contribution is -0.120. The Kier molecular flexibility index (Phi) is 8.57. The molecule has 0 aliphatic carbocycles. The molecule has 1 unspecified atom stereocenters. The third-order valence-electron chi connectivity index (χ3n) is 4.47. The van der Waals surface area contributed by atoms with Crippen LogP contribution < -0.4 is 20.3 Å². The van der Waals surface area contributed by atoms with Crippen LogP contribution in [0.2, 0.25) is 0 Å². The number of amides is 1. The lowest BCUT2D eigenvalue weighted by Gasteiger charge is -2.17. The molecule has 2 rings (SSSR count). The zero-order valence-electron chi connectivity index (χ0n) is 17.7. The summed E-state index contributed by atoms with van der Waals surface area (Å²) in [5.74, 6) is 1.30. The molecule has 1 amide bonds. The molecule has 1 heterocycles. The van der Waals surface area contributed by atoms with Crippen LogP contribution in [0, 0.1) is 6.92 Å². The van der Waals surface area contributed by atoms with Gasteiger partial charge >= 0.3 is 0 Å². The summed E-state index contributed by atoms with van der Waals surface area (Å²) in [4.78, 5) is 29.1. The van der Waals surface area contributed by atoms with Gasteiger partial charge in [0.25, 0.3) is 5.56 Å². The van der Waals surface area contributed by atoms with E-state index in [-0.39, 0.29) is 16.7 Å². The number of hydrogen-bond donors (Lipinski definition) is 1. The number of methoxy groups -OCH3 is 2. The number of rotatable bonds is 10. The monoisotopic (exact) mass is 419 g/mol. The average molecular weight is 420 g/mol. The first-order valence-electron chi connectivity index (χ1n) is 9.59. The number of carbonyl (C=O) groups excluding carboxylic acids is 1. The minimum atomic E-state index is -0.301. The number of nitrogens with zero attached hydrogens (tertiary/aromatic N) is 2. The van der Waals surface area contributed by atoms with Crippen LogP contribution in [0.15, 0.2) is 34.2 Å². The molecule has 0 bridgehead atoms. The minimum absolute atomic E-state index is 0.0481. The highest BCUT2D eigenvalue weighted by Gasteiger charge is 2.21. The van der Waals surface area contributed by atoms with Gasteiger partial charge in [-0.3, -0.25) is 14.2 Å². The predicted molar refractivity (Wildman–Crippen MR) is 115 cm³/mol. The molecule has 0 fully saturated rings. The van der Waals surface area contributed by atoms with Crippen LogP contribution in [0.25, 0.3) is 0 Å². The van der Waals surface area contributed by atoms with Crippen LogP contribution in [-0.4, -0.2) is 41.5 Å². The molecule has 7 nitrogen and oxygen atoms in total. The fourth-order valence-electron chi connectivity index (χ4n) is 2.85. The number of thioether (sulfide) groups is 1. The lowest BCUT2D eigenvalue weighted by Crippen LogP contribution is -2.34. The van der Waals surface area contributed by atoms with Crippen LogP contribution >= 0.6 is 11.8 Å². The van der Waals surface area contributed by atoms with Gasteiger partial charge in [0.2, 0.25) is 5.91 Å². The summed E-state index contributed by atoms with van der Waals surface area (Å²) < 4.78 is 12.1. The molecular formula is C21H29N3O4S. The van der Waals surface area contributed by atoms with Crippen molar-refractivity contribution in [2.24, 2.45) is 7.05 Å². The fraction of sp³-hybridized carbons (Fsp3) is 0.476. The molecule has 0 aliphatic heterocycles. The van der Waals surface area contributed by atoms with E-state index >= 15 is 0 Å². The Labute approximate surface area is 175 Å². The Balaban J connectivity index is 2.00. The highest BCUT2D eigenvalue weighted by Crippen LogP contribution is 2.28. The van der Waals surface area contributed by atoms with Gasteiger partial charge in [-0.05, 0) is 37.5 Å². The van der Waals surface area contributed by atoms with E-state index in [0.29, 0.717) is 41.7 Å². The number of aryl methyl sites for hydroxylation is 1. The second kappa shape index (κ2) is 10.9. The molecule has 0 saturated carbocycles. The van der Waals surface area contributed by atoms with Crippen molar-refractivity contribution in [1.82, 2.24) is 14.9 Å². The van der Waals surface area contributed by atoms with Crippen molar-refractivity contribution >= 4 is 17.7 Å². The topological polar surface area (TPSA) is 82.5 Å². The molecule has 0 aliphatic rings. The van der Waals surface area contributed by atoms with Crippen molar-refractivity contribution < 1.29 is 14.3 Å². The minimum Gasteiger partial charge on any atom is -0.493 e. The van der Waals surface area contributed by atoms with Crippen molar-refractivity contribution in [2.45, 2.75) is 43.5 Å². The molecule has 1 aromatic heterocycles. The van der Waals surface area contributed by atoms with Gasteiger partial charge in [0.05, 0.1) is 19.5 Å². The number of benzene rings is 1. The molecule has 158 valence electrons. The quantitative estimate of drug-likeness (QED) is 0.471. The van der Waals surface area contributed by atoms with E-state index in [1.54, 1.807) is 28.2 Å². The molecule has 0 saturated heterocycles. The summed E-state index contributed by atoms with van der Waals surface area (Å²) in [5, 5.41) is 3.26. The maximum Gasteiger partial charge on any atom is 0.254 e. The summed E-state index contributed by atoms with van der Waals surface area (Å²) >= 11 is 1.34. The van der Waals surface area contributed by atoms with Gasteiger partial charge in [0.15, 0.2) is 16.7 Å². The Bertz CT molecular complexity index is 898. The van der Waals surface area contributed by atoms with Crippen LogP contribution in [0.1, 0.15) is 31.0 Å². The highest BCUT2D eigenvalue weighted by atomic mass is 32.2. The number of aromatic nitrogens is 2. The zero-order valence-corrected chi connectivity index (χ0v) is 18.5.